The van der Waals surface area contributed by atoms with Gasteiger partial charge in [0.2, 0.25) is 11.8 Å². The number of ether oxygens (including phenoxy) is 1. The van der Waals surface area contributed by atoms with Crippen molar-refractivity contribution in [2.45, 2.75) is 26.6 Å². The summed E-state index contributed by atoms with van der Waals surface area (Å²) in [6.45, 7) is 5.40. The second kappa shape index (κ2) is 6.85. The van der Waals surface area contributed by atoms with Gasteiger partial charge >= 0.3 is 0 Å². The molecule has 0 spiro atoms. The van der Waals surface area contributed by atoms with Crippen LogP contribution in [0.25, 0.3) is 22.4 Å². The molecule has 0 saturated heterocycles. The highest BCUT2D eigenvalue weighted by Gasteiger charge is 2.20. The largest absolute Gasteiger partial charge is 0.493 e. The zero-order valence-corrected chi connectivity index (χ0v) is 16.4. The third-order valence-electron chi connectivity index (χ3n) is 5.33. The lowest BCUT2D eigenvalue weighted by Crippen LogP contribution is -2.22. The van der Waals surface area contributed by atoms with Gasteiger partial charge in [-0.2, -0.15) is 14.6 Å². The topological polar surface area (TPSA) is 99.4 Å². The number of benzene rings is 1. The van der Waals surface area contributed by atoms with E-state index in [0.717, 1.165) is 31.6 Å². The zero-order valence-electron chi connectivity index (χ0n) is 16.4. The van der Waals surface area contributed by atoms with Crippen LogP contribution in [-0.2, 0) is 24.4 Å². The molecular weight excluding hydrogens is 368 g/mol. The Balaban J connectivity index is 1.44. The molecule has 9 heteroatoms. The molecule has 3 aromatic heterocycles. The van der Waals surface area contributed by atoms with Crippen LogP contribution < -0.4 is 5.73 Å². The molecule has 0 aliphatic carbocycles. The lowest BCUT2D eigenvalue weighted by molar-refractivity contribution is 0.268. The summed E-state index contributed by atoms with van der Waals surface area (Å²) in [6, 6.07) is 8.58. The van der Waals surface area contributed by atoms with Gasteiger partial charge in [0.15, 0.2) is 17.1 Å². The lowest BCUT2D eigenvalue weighted by Gasteiger charge is -2.14. The van der Waals surface area contributed by atoms with Crippen molar-refractivity contribution in [1.29, 1.82) is 0 Å². The number of anilines is 1. The van der Waals surface area contributed by atoms with E-state index in [1.807, 2.05) is 17.7 Å². The van der Waals surface area contributed by atoms with E-state index in [4.69, 9.17) is 10.5 Å². The number of allylic oxidation sites excluding steroid dienone is 1. The molecule has 0 bridgehead atoms. The van der Waals surface area contributed by atoms with Gasteiger partial charge in [0.05, 0.1) is 25.2 Å². The van der Waals surface area contributed by atoms with E-state index < -0.39 is 0 Å². The van der Waals surface area contributed by atoms with Crippen LogP contribution in [-0.4, -0.2) is 47.9 Å². The van der Waals surface area contributed by atoms with Gasteiger partial charge in [-0.3, -0.25) is 4.90 Å². The maximum atomic E-state index is 6.16. The van der Waals surface area contributed by atoms with E-state index in [0.29, 0.717) is 22.9 Å². The van der Waals surface area contributed by atoms with Crippen molar-refractivity contribution in [3.05, 3.63) is 53.5 Å². The summed E-state index contributed by atoms with van der Waals surface area (Å²) < 4.78 is 8.75. The van der Waals surface area contributed by atoms with Crippen LogP contribution in [0, 0.1) is 0 Å². The van der Waals surface area contributed by atoms with Crippen molar-refractivity contribution in [1.82, 2.24) is 34.3 Å². The summed E-state index contributed by atoms with van der Waals surface area (Å²) in [5.74, 6) is 1.33. The van der Waals surface area contributed by atoms with E-state index in [-0.39, 0.29) is 5.95 Å². The first-order chi connectivity index (χ1) is 14.2. The molecule has 29 heavy (non-hydrogen) atoms. The SMILES string of the molecule is C/C=C(\OC)c1nc2c3cnn(CCN4Cc5ccccc5C4)c3nc(N)n2n1. The van der Waals surface area contributed by atoms with E-state index >= 15 is 0 Å². The molecule has 0 unspecified atom stereocenters. The molecule has 0 fully saturated rings. The molecule has 148 valence electrons. The highest BCUT2D eigenvalue weighted by molar-refractivity contribution is 5.90. The molecule has 2 N–H and O–H groups in total. The fourth-order valence-corrected chi connectivity index (χ4v) is 3.86. The van der Waals surface area contributed by atoms with Crippen LogP contribution in [0.2, 0.25) is 0 Å². The minimum absolute atomic E-state index is 0.271. The number of nitrogen functional groups attached to an aromatic ring is 1. The predicted molar refractivity (Wildman–Crippen MR) is 110 cm³/mol. The Morgan fingerprint density at radius 3 is 2.59 bits per heavy atom. The van der Waals surface area contributed by atoms with Gasteiger partial charge in [-0.1, -0.05) is 24.3 Å². The molecule has 1 aliphatic heterocycles. The Hall–Kier alpha value is -3.46. The molecule has 1 aromatic carbocycles. The van der Waals surface area contributed by atoms with Gasteiger partial charge < -0.3 is 10.5 Å². The minimum Gasteiger partial charge on any atom is -0.493 e. The Kier molecular flexibility index (Phi) is 4.17. The minimum atomic E-state index is 0.271. The smallest absolute Gasteiger partial charge is 0.225 e. The van der Waals surface area contributed by atoms with Gasteiger partial charge in [0.25, 0.3) is 0 Å². The fraction of sp³-hybridized carbons (Fsp3) is 0.300. The van der Waals surface area contributed by atoms with Crippen LogP contribution in [0.3, 0.4) is 0 Å². The number of aromatic nitrogens is 6. The van der Waals surface area contributed by atoms with Gasteiger partial charge in [-0.15, -0.1) is 5.10 Å². The second-order valence-corrected chi connectivity index (χ2v) is 7.08. The average molecular weight is 390 g/mol. The monoisotopic (exact) mass is 390 g/mol. The summed E-state index contributed by atoms with van der Waals surface area (Å²) in [5, 5.41) is 9.78. The van der Waals surface area contributed by atoms with Crippen molar-refractivity contribution in [2.24, 2.45) is 0 Å². The third-order valence-corrected chi connectivity index (χ3v) is 5.33. The van der Waals surface area contributed by atoms with Gasteiger partial charge in [-0.05, 0) is 24.1 Å². The van der Waals surface area contributed by atoms with Crippen molar-refractivity contribution >= 4 is 28.4 Å². The molecular formula is C20H22N8O. The van der Waals surface area contributed by atoms with E-state index in [9.17, 15) is 0 Å². The molecule has 0 amide bonds. The molecule has 0 atom stereocenters. The van der Waals surface area contributed by atoms with Crippen LogP contribution >= 0.6 is 0 Å². The predicted octanol–water partition coefficient (Wildman–Crippen LogP) is 2.08. The maximum Gasteiger partial charge on any atom is 0.225 e. The molecule has 0 radical (unpaired) electrons. The second-order valence-electron chi connectivity index (χ2n) is 7.08. The Labute approximate surface area is 167 Å². The fourth-order valence-electron chi connectivity index (χ4n) is 3.86. The van der Waals surface area contributed by atoms with E-state index in [1.165, 1.54) is 15.6 Å². The van der Waals surface area contributed by atoms with Gasteiger partial charge in [-0.25, -0.2) is 9.67 Å². The zero-order chi connectivity index (χ0) is 20.0. The van der Waals surface area contributed by atoms with E-state index in [1.54, 1.807) is 13.3 Å². The summed E-state index contributed by atoms with van der Waals surface area (Å²) in [4.78, 5) is 11.5. The number of hydrogen-bond acceptors (Lipinski definition) is 7. The van der Waals surface area contributed by atoms with Gasteiger partial charge in [0.1, 0.15) is 0 Å². The number of rotatable bonds is 5. The van der Waals surface area contributed by atoms with Crippen molar-refractivity contribution < 1.29 is 4.74 Å². The number of nitrogens with two attached hydrogens (primary N) is 1. The van der Waals surface area contributed by atoms with Crippen LogP contribution in [0.4, 0.5) is 5.95 Å². The van der Waals surface area contributed by atoms with Crippen LogP contribution in [0.1, 0.15) is 23.9 Å². The van der Waals surface area contributed by atoms with Gasteiger partial charge in [0, 0.05) is 19.6 Å². The standard InChI is InChI=1S/C20H22N8O/c1-3-16(29-2)17-23-19-15-10-22-27(18(15)24-20(21)28(19)25-17)9-8-26-11-13-6-4-5-7-14(13)12-26/h3-7,10H,8-9,11-12H2,1-2H3,(H2,21,24)/b16-3-. The Morgan fingerprint density at radius 1 is 1.14 bits per heavy atom. The van der Waals surface area contributed by atoms with E-state index in [2.05, 4.69) is 49.3 Å². The van der Waals surface area contributed by atoms with Crippen molar-refractivity contribution in [3.8, 4) is 0 Å². The number of fused-ring (bicyclic) bond motifs is 4. The Morgan fingerprint density at radius 2 is 1.90 bits per heavy atom. The first-order valence-electron chi connectivity index (χ1n) is 9.55. The Bertz CT molecular complexity index is 1210. The molecule has 5 rings (SSSR count). The number of nitrogens with zero attached hydrogens (tertiary/aromatic N) is 7. The molecule has 0 saturated carbocycles. The molecule has 9 nitrogen and oxygen atoms in total. The first kappa shape index (κ1) is 17.6. The molecule has 1 aliphatic rings. The van der Waals surface area contributed by atoms with Crippen LogP contribution in [0.15, 0.2) is 36.5 Å². The van der Waals surface area contributed by atoms with Crippen molar-refractivity contribution in [3.63, 3.8) is 0 Å². The summed E-state index contributed by atoms with van der Waals surface area (Å²) >= 11 is 0. The highest BCUT2D eigenvalue weighted by Crippen LogP contribution is 2.24. The average Bonchev–Trinajstić information content (AvgIpc) is 3.43. The van der Waals surface area contributed by atoms with Crippen molar-refractivity contribution in [2.75, 3.05) is 19.4 Å². The third kappa shape index (κ3) is 2.90. The first-order valence-corrected chi connectivity index (χ1v) is 9.55. The maximum absolute atomic E-state index is 6.16. The summed E-state index contributed by atoms with van der Waals surface area (Å²) in [7, 11) is 1.59. The van der Waals surface area contributed by atoms with Crippen LogP contribution in [0.5, 0.6) is 0 Å². The highest BCUT2D eigenvalue weighted by atomic mass is 16.5. The number of hydrogen-bond donors (Lipinski definition) is 1. The lowest BCUT2D eigenvalue weighted by atomic mass is 10.1. The molecule has 4 heterocycles. The summed E-state index contributed by atoms with van der Waals surface area (Å²) in [5.41, 5.74) is 10.3. The summed E-state index contributed by atoms with van der Waals surface area (Å²) in [6.07, 6.45) is 3.59. The normalized spacial score (nSPS) is 14.8. The molecule has 4 aromatic rings. The number of methoxy groups -OCH3 is 1. The quantitative estimate of drug-likeness (QED) is 0.521.